The highest BCUT2D eigenvalue weighted by Crippen LogP contribution is 2.29. The van der Waals surface area contributed by atoms with Gasteiger partial charge in [0.2, 0.25) is 15.9 Å². The van der Waals surface area contributed by atoms with Crippen molar-refractivity contribution in [1.29, 1.82) is 0 Å². The first kappa shape index (κ1) is 25.0. The molecule has 2 heterocycles. The van der Waals surface area contributed by atoms with E-state index in [4.69, 9.17) is 11.6 Å². The van der Waals surface area contributed by atoms with Crippen LogP contribution in [0.3, 0.4) is 0 Å². The van der Waals surface area contributed by atoms with E-state index in [0.29, 0.717) is 57.3 Å². The van der Waals surface area contributed by atoms with Gasteiger partial charge in [-0.1, -0.05) is 18.5 Å². The van der Waals surface area contributed by atoms with Crippen LogP contribution in [0.4, 0.5) is 0 Å². The van der Waals surface area contributed by atoms with Gasteiger partial charge in [-0.3, -0.25) is 14.5 Å². The van der Waals surface area contributed by atoms with Crippen molar-refractivity contribution >= 4 is 33.4 Å². The third kappa shape index (κ3) is 6.01. The Morgan fingerprint density at radius 1 is 1.12 bits per heavy atom. The van der Waals surface area contributed by atoms with Crippen molar-refractivity contribution in [2.75, 3.05) is 52.4 Å². The predicted molar refractivity (Wildman–Crippen MR) is 124 cm³/mol. The highest BCUT2D eigenvalue weighted by molar-refractivity contribution is 7.89. The summed E-state index contributed by atoms with van der Waals surface area (Å²) in [7, 11) is -3.77. The Balaban J connectivity index is 1.73. The van der Waals surface area contributed by atoms with E-state index in [0.717, 1.165) is 25.8 Å². The Morgan fingerprint density at radius 2 is 1.91 bits per heavy atom. The van der Waals surface area contributed by atoms with Crippen molar-refractivity contribution < 1.29 is 18.0 Å². The lowest BCUT2D eigenvalue weighted by molar-refractivity contribution is -0.122. The number of nitrogens with zero attached hydrogens (tertiary/aromatic N) is 3. The fourth-order valence-electron chi connectivity index (χ4n) is 4.31. The molecule has 1 unspecified atom stereocenters. The Labute approximate surface area is 195 Å². The van der Waals surface area contributed by atoms with E-state index in [1.807, 2.05) is 18.7 Å². The highest BCUT2D eigenvalue weighted by Gasteiger charge is 2.31. The molecule has 178 valence electrons. The molecule has 2 aliphatic rings. The van der Waals surface area contributed by atoms with Gasteiger partial charge < -0.3 is 10.2 Å². The SMILES string of the molecule is CCNC(=O)CN1CCCN(C(=O)c2ccc(Cl)c(S(=O)(=O)N3CCCC(C)C3)c2)CC1. The third-order valence-electron chi connectivity index (χ3n) is 6.03. The number of rotatable bonds is 6. The van der Waals surface area contributed by atoms with Crippen molar-refractivity contribution in [2.45, 2.75) is 38.0 Å². The number of sulfonamides is 1. The van der Waals surface area contributed by atoms with Gasteiger partial charge in [0.05, 0.1) is 11.6 Å². The molecule has 1 aromatic carbocycles. The molecule has 10 heteroatoms. The molecule has 32 heavy (non-hydrogen) atoms. The summed E-state index contributed by atoms with van der Waals surface area (Å²) in [4.78, 5) is 28.8. The quantitative estimate of drug-likeness (QED) is 0.667. The van der Waals surface area contributed by atoms with E-state index in [2.05, 4.69) is 5.32 Å². The van der Waals surface area contributed by atoms with Crippen LogP contribution >= 0.6 is 11.6 Å². The van der Waals surface area contributed by atoms with E-state index in [1.165, 1.54) is 16.4 Å². The molecule has 1 atom stereocenters. The molecule has 3 rings (SSSR count). The summed E-state index contributed by atoms with van der Waals surface area (Å²) in [5, 5.41) is 2.92. The van der Waals surface area contributed by atoms with Crippen LogP contribution in [0.15, 0.2) is 23.1 Å². The molecule has 2 amide bonds. The van der Waals surface area contributed by atoms with Gasteiger partial charge >= 0.3 is 0 Å². The van der Waals surface area contributed by atoms with Crippen LogP contribution in [-0.4, -0.2) is 86.7 Å². The maximum Gasteiger partial charge on any atom is 0.253 e. The zero-order valence-corrected chi connectivity index (χ0v) is 20.4. The maximum atomic E-state index is 13.2. The second-order valence-electron chi connectivity index (χ2n) is 8.63. The second kappa shape index (κ2) is 11.0. The number of carbonyl (C=O) groups is 2. The monoisotopic (exact) mass is 484 g/mol. The summed E-state index contributed by atoms with van der Waals surface area (Å²) in [6.07, 6.45) is 2.57. The van der Waals surface area contributed by atoms with Crippen molar-refractivity contribution in [3.05, 3.63) is 28.8 Å². The van der Waals surface area contributed by atoms with Crippen LogP contribution in [0.1, 0.15) is 43.5 Å². The number of piperidine rings is 1. The largest absolute Gasteiger partial charge is 0.355 e. The molecule has 2 fully saturated rings. The molecular formula is C22H33ClN4O4S. The number of carbonyl (C=O) groups excluding carboxylic acids is 2. The van der Waals surface area contributed by atoms with Crippen LogP contribution < -0.4 is 5.32 Å². The normalized spacial score (nSPS) is 21.2. The molecule has 2 aliphatic heterocycles. The maximum absolute atomic E-state index is 13.2. The fourth-order valence-corrected chi connectivity index (χ4v) is 6.41. The minimum Gasteiger partial charge on any atom is -0.355 e. The molecule has 1 aromatic rings. The summed E-state index contributed by atoms with van der Waals surface area (Å²) in [6.45, 7) is 8.11. The smallest absolute Gasteiger partial charge is 0.253 e. The summed E-state index contributed by atoms with van der Waals surface area (Å²) in [5.41, 5.74) is 0.315. The van der Waals surface area contributed by atoms with Crippen molar-refractivity contribution in [3.63, 3.8) is 0 Å². The van der Waals surface area contributed by atoms with Crippen molar-refractivity contribution in [3.8, 4) is 0 Å². The van der Waals surface area contributed by atoms with Crippen LogP contribution in [0.2, 0.25) is 5.02 Å². The summed E-state index contributed by atoms with van der Waals surface area (Å²) < 4.78 is 27.9. The lowest BCUT2D eigenvalue weighted by Crippen LogP contribution is -2.40. The molecule has 0 saturated carbocycles. The Bertz CT molecular complexity index is 940. The van der Waals surface area contributed by atoms with Crippen molar-refractivity contribution in [2.24, 2.45) is 5.92 Å². The van der Waals surface area contributed by atoms with Gasteiger partial charge in [0.25, 0.3) is 5.91 Å². The van der Waals surface area contributed by atoms with Crippen LogP contribution in [0.25, 0.3) is 0 Å². The lowest BCUT2D eigenvalue weighted by atomic mass is 10.0. The number of hydrogen-bond donors (Lipinski definition) is 1. The first-order valence-electron chi connectivity index (χ1n) is 11.3. The number of likely N-dealkylation sites (N-methyl/N-ethyl adjacent to an activating group) is 1. The van der Waals surface area contributed by atoms with Gasteiger partial charge in [-0.2, -0.15) is 4.31 Å². The molecule has 2 saturated heterocycles. The van der Waals surface area contributed by atoms with E-state index in [-0.39, 0.29) is 21.7 Å². The summed E-state index contributed by atoms with van der Waals surface area (Å²) in [6, 6.07) is 4.49. The second-order valence-corrected chi connectivity index (χ2v) is 10.9. The zero-order chi connectivity index (χ0) is 23.3. The molecule has 0 spiro atoms. The molecule has 8 nitrogen and oxygen atoms in total. The van der Waals surface area contributed by atoms with Gasteiger partial charge in [0, 0.05) is 51.4 Å². The Kier molecular flexibility index (Phi) is 8.55. The average Bonchev–Trinajstić information content (AvgIpc) is 2.99. The van der Waals surface area contributed by atoms with E-state index in [1.54, 1.807) is 11.0 Å². The molecule has 1 N–H and O–H groups in total. The number of nitrogens with one attached hydrogen (secondary N) is 1. The molecular weight excluding hydrogens is 452 g/mol. The molecule has 0 aliphatic carbocycles. The van der Waals surface area contributed by atoms with Crippen molar-refractivity contribution in [1.82, 2.24) is 19.4 Å². The van der Waals surface area contributed by atoms with Crippen LogP contribution in [0, 0.1) is 5.92 Å². The van der Waals surface area contributed by atoms with Gasteiger partial charge in [0.1, 0.15) is 4.90 Å². The Hall–Kier alpha value is -1.68. The molecule has 0 bridgehead atoms. The van der Waals surface area contributed by atoms with Gasteiger partial charge in [-0.15, -0.1) is 0 Å². The first-order chi connectivity index (χ1) is 15.2. The number of benzene rings is 1. The zero-order valence-electron chi connectivity index (χ0n) is 18.8. The fraction of sp³-hybridized carbons (Fsp3) is 0.636. The molecule has 0 aromatic heterocycles. The highest BCUT2D eigenvalue weighted by atomic mass is 35.5. The van der Waals surface area contributed by atoms with Crippen LogP contribution in [-0.2, 0) is 14.8 Å². The minimum atomic E-state index is -3.77. The lowest BCUT2D eigenvalue weighted by Gasteiger charge is -2.30. The topological polar surface area (TPSA) is 90.0 Å². The van der Waals surface area contributed by atoms with E-state index in [9.17, 15) is 18.0 Å². The Morgan fingerprint density at radius 3 is 2.62 bits per heavy atom. The van der Waals surface area contributed by atoms with E-state index < -0.39 is 10.0 Å². The summed E-state index contributed by atoms with van der Waals surface area (Å²) in [5.74, 6) is 0.0541. The van der Waals surface area contributed by atoms with Gasteiger partial charge in [0.15, 0.2) is 0 Å². The third-order valence-corrected chi connectivity index (χ3v) is 8.38. The van der Waals surface area contributed by atoms with Gasteiger partial charge in [-0.05, 0) is 50.3 Å². The first-order valence-corrected chi connectivity index (χ1v) is 13.1. The number of amides is 2. The standard InChI is InChI=1S/C22H33ClN4O4S/c1-3-24-21(28)16-25-9-5-10-26(13-12-25)22(29)18-7-8-19(23)20(14-18)32(30,31)27-11-4-6-17(2)15-27/h7-8,14,17H,3-6,9-13,15-16H2,1-2H3,(H,24,28). The minimum absolute atomic E-state index is 0.00759. The predicted octanol–water partition coefficient (Wildman–Crippen LogP) is 2.04. The molecule has 0 radical (unpaired) electrons. The van der Waals surface area contributed by atoms with E-state index >= 15 is 0 Å². The number of halogens is 1. The number of hydrogen-bond acceptors (Lipinski definition) is 5. The average molecular weight is 485 g/mol. The van der Waals surface area contributed by atoms with Crippen LogP contribution in [0.5, 0.6) is 0 Å². The summed E-state index contributed by atoms with van der Waals surface area (Å²) >= 11 is 6.27. The van der Waals surface area contributed by atoms with Gasteiger partial charge in [-0.25, -0.2) is 8.42 Å².